The van der Waals surface area contributed by atoms with Gasteiger partial charge < -0.3 is 4.57 Å². The van der Waals surface area contributed by atoms with Crippen molar-refractivity contribution in [1.82, 2.24) is 4.57 Å². The summed E-state index contributed by atoms with van der Waals surface area (Å²) in [5, 5.41) is 12.1. The lowest BCUT2D eigenvalue weighted by atomic mass is 10.2. The molecule has 0 bridgehead atoms. The number of rotatable bonds is 3. The van der Waals surface area contributed by atoms with Crippen molar-refractivity contribution in [3.63, 3.8) is 0 Å². The van der Waals surface area contributed by atoms with Gasteiger partial charge in [-0.15, -0.1) is 0 Å². The maximum atomic E-state index is 9.74. The van der Waals surface area contributed by atoms with Crippen molar-refractivity contribution in [3.05, 3.63) is 96.6 Å². The molecule has 0 fully saturated rings. The molecule has 0 amide bonds. The summed E-state index contributed by atoms with van der Waals surface area (Å²) >= 11 is 0. The molecule has 0 atom stereocenters. The zero-order valence-corrected chi connectivity index (χ0v) is 13.6. The lowest BCUT2D eigenvalue weighted by Crippen LogP contribution is -1.94. The van der Waals surface area contributed by atoms with E-state index in [4.69, 9.17) is 0 Å². The minimum absolute atomic E-state index is 0.601. The van der Waals surface area contributed by atoms with E-state index in [2.05, 4.69) is 30.3 Å². The highest BCUT2D eigenvalue weighted by Gasteiger charge is 2.11. The summed E-state index contributed by atoms with van der Waals surface area (Å²) in [4.78, 5) is 0. The van der Waals surface area contributed by atoms with Crippen molar-refractivity contribution in [2.24, 2.45) is 0 Å². The van der Waals surface area contributed by atoms with Crippen molar-refractivity contribution in [1.29, 1.82) is 5.26 Å². The smallest absolute Gasteiger partial charge is 0.125 e. The number of para-hydroxylation sites is 2. The fraction of sp³-hybridized carbons (Fsp3) is 0. The molecule has 2 nitrogen and oxygen atoms in total. The van der Waals surface area contributed by atoms with Gasteiger partial charge in [-0.05, 0) is 23.8 Å². The minimum Gasteiger partial charge on any atom is -0.300 e. The first-order valence-corrected chi connectivity index (χ1v) is 8.20. The number of aromatic nitrogens is 1. The Kier molecular flexibility index (Phi) is 3.90. The molecule has 4 rings (SSSR count). The highest BCUT2D eigenvalue weighted by atomic mass is 15.0. The van der Waals surface area contributed by atoms with E-state index in [1.807, 2.05) is 77.4 Å². The third-order valence-electron chi connectivity index (χ3n) is 4.28. The summed E-state index contributed by atoms with van der Waals surface area (Å²) in [5.74, 6) is 0. The van der Waals surface area contributed by atoms with E-state index in [9.17, 15) is 5.26 Å². The summed E-state index contributed by atoms with van der Waals surface area (Å²) in [6.45, 7) is 0. The van der Waals surface area contributed by atoms with Gasteiger partial charge in [-0.2, -0.15) is 5.26 Å². The molecule has 0 radical (unpaired) electrons. The molecule has 0 unspecified atom stereocenters. The average Bonchev–Trinajstić information content (AvgIpc) is 3.01. The van der Waals surface area contributed by atoms with E-state index >= 15 is 0 Å². The van der Waals surface area contributed by atoms with Crippen LogP contribution in [0.5, 0.6) is 0 Å². The van der Waals surface area contributed by atoms with Crippen LogP contribution in [0.15, 0.2) is 91.0 Å². The molecule has 2 heteroatoms. The van der Waals surface area contributed by atoms with Crippen molar-refractivity contribution in [2.75, 3.05) is 0 Å². The highest BCUT2D eigenvalue weighted by Crippen LogP contribution is 2.31. The van der Waals surface area contributed by atoms with Crippen LogP contribution in [-0.2, 0) is 0 Å². The summed E-state index contributed by atoms with van der Waals surface area (Å²) in [7, 11) is 0. The first kappa shape index (κ1) is 15.0. The van der Waals surface area contributed by atoms with E-state index < -0.39 is 0 Å². The van der Waals surface area contributed by atoms with E-state index in [1.54, 1.807) is 0 Å². The van der Waals surface area contributed by atoms with Crippen LogP contribution in [0.3, 0.4) is 0 Å². The van der Waals surface area contributed by atoms with Gasteiger partial charge in [-0.1, -0.05) is 78.9 Å². The standard InChI is InChI=1S/C23H16N2/c24-17-19(12-8-11-18-9-2-1-3-10-18)25-22-15-6-4-13-20(22)21-14-5-7-16-23(21)25/h1-16H/b11-8+,19-12-. The topological polar surface area (TPSA) is 28.7 Å². The van der Waals surface area contributed by atoms with Gasteiger partial charge in [0.1, 0.15) is 11.8 Å². The second-order valence-corrected chi connectivity index (χ2v) is 5.80. The first-order chi connectivity index (χ1) is 12.4. The van der Waals surface area contributed by atoms with Gasteiger partial charge >= 0.3 is 0 Å². The molecule has 118 valence electrons. The molecule has 0 aliphatic carbocycles. The van der Waals surface area contributed by atoms with E-state index in [-0.39, 0.29) is 0 Å². The second-order valence-electron chi connectivity index (χ2n) is 5.80. The first-order valence-electron chi connectivity index (χ1n) is 8.20. The fourth-order valence-corrected chi connectivity index (χ4v) is 3.16. The SMILES string of the molecule is N#C/C(=C/C=C/c1ccccc1)n1c2ccccc2c2ccccc21. The number of nitriles is 1. The predicted octanol–water partition coefficient (Wildman–Crippen LogP) is 5.87. The van der Waals surface area contributed by atoms with Gasteiger partial charge in [0.2, 0.25) is 0 Å². The van der Waals surface area contributed by atoms with Crippen LogP contribution in [0.2, 0.25) is 0 Å². The molecular formula is C23H16N2. The largest absolute Gasteiger partial charge is 0.300 e. The van der Waals surface area contributed by atoms with Gasteiger partial charge in [-0.3, -0.25) is 0 Å². The molecule has 0 spiro atoms. The zero-order chi connectivity index (χ0) is 17.1. The number of hydrogen-bond acceptors (Lipinski definition) is 1. The lowest BCUT2D eigenvalue weighted by molar-refractivity contribution is 1.24. The molecular weight excluding hydrogens is 304 g/mol. The summed E-state index contributed by atoms with van der Waals surface area (Å²) in [6.07, 6.45) is 5.80. The van der Waals surface area contributed by atoms with E-state index in [0.29, 0.717) is 5.70 Å². The quantitative estimate of drug-likeness (QED) is 0.343. The molecule has 0 aliphatic rings. The molecule has 0 saturated carbocycles. The van der Waals surface area contributed by atoms with Crippen molar-refractivity contribution in [2.45, 2.75) is 0 Å². The van der Waals surface area contributed by atoms with Crippen LogP contribution in [0.25, 0.3) is 33.6 Å². The second kappa shape index (κ2) is 6.51. The molecule has 1 heterocycles. The Bertz CT molecular complexity index is 1090. The Morgan fingerprint density at radius 2 is 1.32 bits per heavy atom. The van der Waals surface area contributed by atoms with E-state index in [1.165, 1.54) is 0 Å². The molecule has 4 aromatic rings. The molecule has 1 aromatic heterocycles. The van der Waals surface area contributed by atoms with Gasteiger partial charge in [0.25, 0.3) is 0 Å². The van der Waals surface area contributed by atoms with Gasteiger partial charge in [-0.25, -0.2) is 0 Å². The molecule has 25 heavy (non-hydrogen) atoms. The molecule has 0 N–H and O–H groups in total. The van der Waals surface area contributed by atoms with Gasteiger partial charge in [0, 0.05) is 10.8 Å². The van der Waals surface area contributed by atoms with Crippen LogP contribution in [0, 0.1) is 11.3 Å². The monoisotopic (exact) mass is 320 g/mol. The fourth-order valence-electron chi connectivity index (χ4n) is 3.16. The van der Waals surface area contributed by atoms with Gasteiger partial charge in [0.05, 0.1) is 11.0 Å². The highest BCUT2D eigenvalue weighted by molar-refractivity contribution is 6.10. The van der Waals surface area contributed by atoms with E-state index in [0.717, 1.165) is 27.4 Å². The van der Waals surface area contributed by atoms with Crippen LogP contribution in [0.4, 0.5) is 0 Å². The average molecular weight is 320 g/mol. The summed E-state index contributed by atoms with van der Waals surface area (Å²) < 4.78 is 2.03. The maximum absolute atomic E-state index is 9.74. The van der Waals surface area contributed by atoms with Crippen molar-refractivity contribution in [3.8, 4) is 6.07 Å². The lowest BCUT2D eigenvalue weighted by Gasteiger charge is -2.04. The molecule has 3 aromatic carbocycles. The maximum Gasteiger partial charge on any atom is 0.125 e. The number of allylic oxidation sites excluding steroid dienone is 3. The normalized spacial score (nSPS) is 12.0. The Morgan fingerprint density at radius 3 is 1.92 bits per heavy atom. The van der Waals surface area contributed by atoms with Crippen LogP contribution in [0.1, 0.15) is 5.56 Å². The summed E-state index contributed by atoms with van der Waals surface area (Å²) in [5.41, 5.74) is 3.80. The number of benzene rings is 3. The minimum atomic E-state index is 0.601. The Morgan fingerprint density at radius 1 is 0.760 bits per heavy atom. The number of hydrogen-bond donors (Lipinski definition) is 0. The van der Waals surface area contributed by atoms with Crippen LogP contribution < -0.4 is 0 Å². The van der Waals surface area contributed by atoms with Crippen LogP contribution in [-0.4, -0.2) is 4.57 Å². The zero-order valence-electron chi connectivity index (χ0n) is 13.6. The Balaban J connectivity index is 1.88. The number of fused-ring (bicyclic) bond motifs is 3. The van der Waals surface area contributed by atoms with Crippen LogP contribution >= 0.6 is 0 Å². The third kappa shape index (κ3) is 2.73. The van der Waals surface area contributed by atoms with Crippen molar-refractivity contribution < 1.29 is 0 Å². The summed E-state index contributed by atoms with van der Waals surface area (Å²) in [6, 6.07) is 28.8. The Hall–Kier alpha value is -3.57. The third-order valence-corrected chi connectivity index (χ3v) is 4.28. The van der Waals surface area contributed by atoms with Crippen molar-refractivity contribution >= 4 is 33.6 Å². The molecule has 0 aliphatic heterocycles. The number of nitrogens with zero attached hydrogens (tertiary/aromatic N) is 2. The Labute approximate surface area is 146 Å². The predicted molar refractivity (Wildman–Crippen MR) is 105 cm³/mol. The molecule has 0 saturated heterocycles. The van der Waals surface area contributed by atoms with Gasteiger partial charge in [0.15, 0.2) is 0 Å².